The number of benzene rings is 2. The van der Waals surface area contributed by atoms with E-state index in [1.54, 1.807) is 6.07 Å². The molecule has 1 atom stereocenters. The topological polar surface area (TPSA) is 27.3 Å². The molecule has 0 aromatic heterocycles. The molecule has 1 saturated heterocycles. The van der Waals surface area contributed by atoms with Crippen molar-refractivity contribution < 1.29 is 4.39 Å². The van der Waals surface area contributed by atoms with Gasteiger partial charge in [-0.1, -0.05) is 36.4 Å². The van der Waals surface area contributed by atoms with Gasteiger partial charge < -0.3 is 15.5 Å². The van der Waals surface area contributed by atoms with Crippen molar-refractivity contribution >= 4 is 5.69 Å². The molecule has 1 aliphatic rings. The highest BCUT2D eigenvalue weighted by Gasteiger charge is 2.15. The molecule has 3 rings (SSSR count). The maximum absolute atomic E-state index is 14.1. The van der Waals surface area contributed by atoms with Crippen molar-refractivity contribution in [2.75, 3.05) is 31.1 Å². The van der Waals surface area contributed by atoms with E-state index in [1.165, 1.54) is 5.56 Å². The lowest BCUT2D eigenvalue weighted by molar-refractivity contribution is 0.560. The smallest absolute Gasteiger partial charge is 0.146 e. The monoisotopic (exact) mass is 313 g/mol. The van der Waals surface area contributed by atoms with E-state index in [-0.39, 0.29) is 11.9 Å². The predicted octanol–water partition coefficient (Wildman–Crippen LogP) is 3.09. The van der Waals surface area contributed by atoms with Crippen LogP contribution in [0.4, 0.5) is 10.1 Å². The second kappa shape index (κ2) is 7.57. The Bertz CT molecular complexity index is 624. The number of rotatable bonds is 5. The first-order valence-corrected chi connectivity index (χ1v) is 8.26. The van der Waals surface area contributed by atoms with Gasteiger partial charge in [0.2, 0.25) is 0 Å². The van der Waals surface area contributed by atoms with E-state index in [0.29, 0.717) is 0 Å². The van der Waals surface area contributed by atoms with E-state index in [4.69, 9.17) is 0 Å². The van der Waals surface area contributed by atoms with Gasteiger partial charge in [0.15, 0.2) is 0 Å². The Kier molecular flexibility index (Phi) is 5.26. The Labute approximate surface area is 137 Å². The van der Waals surface area contributed by atoms with Crippen molar-refractivity contribution in [2.24, 2.45) is 0 Å². The summed E-state index contributed by atoms with van der Waals surface area (Å²) in [5.41, 5.74) is 3.10. The third kappa shape index (κ3) is 4.09. The van der Waals surface area contributed by atoms with Crippen molar-refractivity contribution in [1.29, 1.82) is 0 Å². The third-order valence-corrected chi connectivity index (χ3v) is 4.38. The summed E-state index contributed by atoms with van der Waals surface area (Å²) in [4.78, 5) is 2.12. The van der Waals surface area contributed by atoms with Crippen LogP contribution in [0.3, 0.4) is 0 Å². The van der Waals surface area contributed by atoms with Gasteiger partial charge in [-0.25, -0.2) is 4.39 Å². The Balaban J connectivity index is 1.66. The molecular formula is C19H24FN3. The molecule has 0 radical (unpaired) electrons. The molecule has 2 aromatic rings. The van der Waals surface area contributed by atoms with Gasteiger partial charge in [0.05, 0.1) is 5.69 Å². The van der Waals surface area contributed by atoms with Crippen LogP contribution in [0.1, 0.15) is 24.1 Å². The number of anilines is 1. The highest BCUT2D eigenvalue weighted by molar-refractivity contribution is 5.50. The van der Waals surface area contributed by atoms with E-state index in [1.807, 2.05) is 30.3 Å². The highest BCUT2D eigenvalue weighted by atomic mass is 19.1. The molecule has 0 aliphatic carbocycles. The summed E-state index contributed by atoms with van der Waals surface area (Å²) in [6.45, 7) is 6.41. The number of nitrogens with zero attached hydrogens (tertiary/aromatic N) is 1. The molecule has 2 aromatic carbocycles. The van der Waals surface area contributed by atoms with Crippen molar-refractivity contribution in [3.8, 4) is 0 Å². The first-order chi connectivity index (χ1) is 11.2. The second-order valence-corrected chi connectivity index (χ2v) is 6.04. The number of hydrogen-bond acceptors (Lipinski definition) is 3. The second-order valence-electron chi connectivity index (χ2n) is 6.04. The van der Waals surface area contributed by atoms with Crippen LogP contribution in [-0.4, -0.2) is 26.2 Å². The maximum Gasteiger partial charge on any atom is 0.146 e. The molecule has 0 amide bonds. The van der Waals surface area contributed by atoms with E-state index in [9.17, 15) is 4.39 Å². The summed E-state index contributed by atoms with van der Waals surface area (Å²) in [6.07, 6.45) is 0. The Hall–Kier alpha value is -1.91. The highest BCUT2D eigenvalue weighted by Crippen LogP contribution is 2.22. The number of nitrogens with one attached hydrogen (secondary N) is 2. The predicted molar refractivity (Wildman–Crippen MR) is 93.2 cm³/mol. The lowest BCUT2D eigenvalue weighted by atomic mass is 10.1. The van der Waals surface area contributed by atoms with Crippen LogP contribution < -0.4 is 15.5 Å². The third-order valence-electron chi connectivity index (χ3n) is 4.38. The molecule has 1 fully saturated rings. The van der Waals surface area contributed by atoms with Gasteiger partial charge in [-0.15, -0.1) is 0 Å². The quantitative estimate of drug-likeness (QED) is 0.888. The Morgan fingerprint density at radius 1 is 1.13 bits per heavy atom. The summed E-state index contributed by atoms with van der Waals surface area (Å²) < 4.78 is 14.1. The minimum atomic E-state index is -0.133. The molecule has 0 saturated carbocycles. The molecule has 3 nitrogen and oxygen atoms in total. The molecule has 1 heterocycles. The van der Waals surface area contributed by atoms with Crippen molar-refractivity contribution in [2.45, 2.75) is 19.5 Å². The molecule has 4 heteroatoms. The zero-order chi connectivity index (χ0) is 16.1. The molecule has 1 unspecified atom stereocenters. The normalized spacial score (nSPS) is 16.3. The van der Waals surface area contributed by atoms with Crippen LogP contribution >= 0.6 is 0 Å². The van der Waals surface area contributed by atoms with Gasteiger partial charge in [0, 0.05) is 38.8 Å². The minimum absolute atomic E-state index is 0.133. The van der Waals surface area contributed by atoms with Crippen LogP contribution in [0.2, 0.25) is 0 Å². The van der Waals surface area contributed by atoms with Gasteiger partial charge in [0.25, 0.3) is 0 Å². The molecule has 0 bridgehead atoms. The zero-order valence-electron chi connectivity index (χ0n) is 13.6. The maximum atomic E-state index is 14.1. The molecule has 2 N–H and O–H groups in total. The average molecular weight is 313 g/mol. The van der Waals surface area contributed by atoms with Crippen LogP contribution in [-0.2, 0) is 6.54 Å². The van der Waals surface area contributed by atoms with Crippen LogP contribution in [0, 0.1) is 5.82 Å². The summed E-state index contributed by atoms with van der Waals surface area (Å²) in [5.74, 6) is -0.133. The lowest BCUT2D eigenvalue weighted by Gasteiger charge is -2.30. The fraction of sp³-hybridized carbons (Fsp3) is 0.368. The van der Waals surface area contributed by atoms with Gasteiger partial charge in [0.1, 0.15) is 5.82 Å². The number of halogens is 1. The van der Waals surface area contributed by atoms with E-state index in [2.05, 4.69) is 34.6 Å². The molecule has 122 valence electrons. The number of piperazine rings is 1. The lowest BCUT2D eigenvalue weighted by Crippen LogP contribution is -2.43. The minimum Gasteiger partial charge on any atom is -0.367 e. The van der Waals surface area contributed by atoms with Crippen LogP contribution in [0.25, 0.3) is 0 Å². The number of hydrogen-bond donors (Lipinski definition) is 2. The SMILES string of the molecule is CC(NCc1ccc(F)c(N2CCNCC2)c1)c1ccccc1. The van der Waals surface area contributed by atoms with Crippen LogP contribution in [0.5, 0.6) is 0 Å². The van der Waals surface area contributed by atoms with Gasteiger partial charge in [-0.2, -0.15) is 0 Å². The summed E-state index contributed by atoms with van der Waals surface area (Å²) in [7, 11) is 0. The van der Waals surface area contributed by atoms with E-state index in [0.717, 1.165) is 44.0 Å². The Morgan fingerprint density at radius 2 is 1.87 bits per heavy atom. The van der Waals surface area contributed by atoms with Gasteiger partial charge >= 0.3 is 0 Å². The standard InChI is InChI=1S/C19H24FN3/c1-15(17-5-3-2-4-6-17)22-14-16-7-8-18(20)19(13-16)23-11-9-21-10-12-23/h2-8,13,15,21-22H,9-12,14H2,1H3. The molecular weight excluding hydrogens is 289 g/mol. The molecule has 23 heavy (non-hydrogen) atoms. The summed E-state index contributed by atoms with van der Waals surface area (Å²) in [6, 6.07) is 16.1. The van der Waals surface area contributed by atoms with Gasteiger partial charge in [-0.3, -0.25) is 0 Å². The first kappa shape index (κ1) is 16.0. The summed E-state index contributed by atoms with van der Waals surface area (Å²) in [5, 5.41) is 6.81. The fourth-order valence-electron chi connectivity index (χ4n) is 2.95. The van der Waals surface area contributed by atoms with E-state index < -0.39 is 0 Å². The van der Waals surface area contributed by atoms with E-state index >= 15 is 0 Å². The first-order valence-electron chi connectivity index (χ1n) is 8.26. The van der Waals surface area contributed by atoms with Crippen molar-refractivity contribution in [3.05, 3.63) is 65.5 Å². The van der Waals surface area contributed by atoms with Gasteiger partial charge in [-0.05, 0) is 30.2 Å². The zero-order valence-corrected chi connectivity index (χ0v) is 13.6. The average Bonchev–Trinajstić information content (AvgIpc) is 2.62. The van der Waals surface area contributed by atoms with Crippen molar-refractivity contribution in [1.82, 2.24) is 10.6 Å². The molecule has 1 aliphatic heterocycles. The Morgan fingerprint density at radius 3 is 2.61 bits per heavy atom. The van der Waals surface area contributed by atoms with Crippen LogP contribution in [0.15, 0.2) is 48.5 Å². The largest absolute Gasteiger partial charge is 0.367 e. The molecule has 0 spiro atoms. The van der Waals surface area contributed by atoms with Crippen molar-refractivity contribution in [3.63, 3.8) is 0 Å². The fourth-order valence-corrected chi connectivity index (χ4v) is 2.95. The summed E-state index contributed by atoms with van der Waals surface area (Å²) >= 11 is 0.